The first kappa shape index (κ1) is 21.2. The number of sulfone groups is 1. The maximum Gasteiger partial charge on any atom is 0.417 e. The minimum atomic E-state index is -4.95. The Morgan fingerprint density at radius 2 is 1.89 bits per heavy atom. The fourth-order valence-electron chi connectivity index (χ4n) is 3.48. The number of aryl methyl sites for hydroxylation is 1. The van der Waals surface area contributed by atoms with E-state index in [-0.39, 0.29) is 23.5 Å². The number of halogens is 3. The molecule has 2 unspecified atom stereocenters. The van der Waals surface area contributed by atoms with Gasteiger partial charge >= 0.3 is 6.18 Å². The first-order valence-corrected chi connectivity index (χ1v) is 10.1. The summed E-state index contributed by atoms with van der Waals surface area (Å²) in [6, 6.07) is 1.48. The van der Waals surface area contributed by atoms with Crippen molar-refractivity contribution >= 4 is 21.7 Å². The van der Waals surface area contributed by atoms with E-state index in [9.17, 15) is 26.4 Å². The number of rotatable bonds is 4. The molecule has 1 aromatic rings. The molecule has 0 aliphatic heterocycles. The zero-order valence-corrected chi connectivity index (χ0v) is 15.8. The van der Waals surface area contributed by atoms with Crippen molar-refractivity contribution < 1.29 is 26.4 Å². The number of benzene rings is 1. The number of carbonyl (C=O) groups excluding carboxylic acids is 1. The van der Waals surface area contributed by atoms with Crippen LogP contribution in [0.4, 0.5) is 13.2 Å². The SMILES string of the molecule is CCc1cc(S(=O)(=O)C2CCCC2C)c(C(F)(F)F)cc1C(=O)N=C(N)N. The van der Waals surface area contributed by atoms with Crippen molar-refractivity contribution in [3.8, 4) is 0 Å². The number of nitrogens with zero attached hydrogens (tertiary/aromatic N) is 1. The number of alkyl halides is 3. The Balaban J connectivity index is 2.75. The molecular formula is C17H22F3N3O3S. The molecule has 2 rings (SSSR count). The van der Waals surface area contributed by atoms with Gasteiger partial charge in [-0.2, -0.15) is 18.2 Å². The van der Waals surface area contributed by atoms with Crippen molar-refractivity contribution in [1.82, 2.24) is 0 Å². The summed E-state index contributed by atoms with van der Waals surface area (Å²) in [5, 5.41) is -0.873. The second-order valence-electron chi connectivity index (χ2n) is 6.69. The summed E-state index contributed by atoms with van der Waals surface area (Å²) in [5.74, 6) is -1.87. The Morgan fingerprint density at radius 3 is 2.33 bits per heavy atom. The predicted molar refractivity (Wildman–Crippen MR) is 95.0 cm³/mol. The van der Waals surface area contributed by atoms with Crippen molar-refractivity contribution in [3.05, 3.63) is 28.8 Å². The highest BCUT2D eigenvalue weighted by Crippen LogP contribution is 2.41. The maximum absolute atomic E-state index is 13.6. The molecule has 1 aliphatic rings. The van der Waals surface area contributed by atoms with Crippen molar-refractivity contribution in [2.45, 2.75) is 55.9 Å². The second-order valence-corrected chi connectivity index (χ2v) is 8.83. The molecule has 1 aromatic carbocycles. The fraction of sp³-hybridized carbons (Fsp3) is 0.529. The van der Waals surface area contributed by atoms with Crippen LogP contribution in [0.2, 0.25) is 0 Å². The van der Waals surface area contributed by atoms with Gasteiger partial charge in [0.2, 0.25) is 0 Å². The molecule has 6 nitrogen and oxygen atoms in total. The smallest absolute Gasteiger partial charge is 0.370 e. The molecular weight excluding hydrogens is 383 g/mol. The van der Waals surface area contributed by atoms with Crippen LogP contribution in [-0.4, -0.2) is 25.5 Å². The fourth-order valence-corrected chi connectivity index (χ4v) is 5.82. The summed E-state index contributed by atoms with van der Waals surface area (Å²) in [6.45, 7) is 3.32. The molecule has 4 N–H and O–H groups in total. The lowest BCUT2D eigenvalue weighted by Crippen LogP contribution is -2.27. The standard InChI is InChI=1S/C17H22F3N3O3S/c1-3-10-7-14(27(25,26)13-6-4-5-9(13)2)12(17(18,19)20)8-11(10)15(24)23-16(21)22/h7-9,13H,3-6H2,1-2H3,(H4,21,22,23,24). The van der Waals surface area contributed by atoms with Gasteiger partial charge < -0.3 is 11.5 Å². The van der Waals surface area contributed by atoms with Crippen LogP contribution in [0.25, 0.3) is 0 Å². The summed E-state index contributed by atoms with van der Waals surface area (Å²) in [4.78, 5) is 14.6. The average molecular weight is 405 g/mol. The monoisotopic (exact) mass is 405 g/mol. The number of amides is 1. The molecule has 1 aliphatic carbocycles. The van der Waals surface area contributed by atoms with Crippen LogP contribution in [0.3, 0.4) is 0 Å². The average Bonchev–Trinajstić information content (AvgIpc) is 2.98. The topological polar surface area (TPSA) is 116 Å². The van der Waals surface area contributed by atoms with E-state index in [0.29, 0.717) is 25.3 Å². The first-order valence-electron chi connectivity index (χ1n) is 8.51. The summed E-state index contributed by atoms with van der Waals surface area (Å²) < 4.78 is 66.9. The molecule has 0 radical (unpaired) electrons. The van der Waals surface area contributed by atoms with Crippen LogP contribution in [0.15, 0.2) is 22.0 Å². The molecule has 2 atom stereocenters. The Hall–Kier alpha value is -2.10. The van der Waals surface area contributed by atoms with E-state index < -0.39 is 43.6 Å². The first-order chi connectivity index (χ1) is 12.4. The lowest BCUT2D eigenvalue weighted by Gasteiger charge is -2.21. The second kappa shape index (κ2) is 7.49. The third kappa shape index (κ3) is 4.26. The third-order valence-corrected chi connectivity index (χ3v) is 7.29. The Kier molecular flexibility index (Phi) is 5.88. The van der Waals surface area contributed by atoms with Gasteiger partial charge in [-0.1, -0.05) is 20.3 Å². The summed E-state index contributed by atoms with van der Waals surface area (Å²) in [7, 11) is -4.22. The highest BCUT2D eigenvalue weighted by Gasteiger charge is 2.43. The molecule has 1 saturated carbocycles. The number of hydrogen-bond acceptors (Lipinski definition) is 3. The van der Waals surface area contributed by atoms with E-state index in [2.05, 4.69) is 4.99 Å². The van der Waals surface area contributed by atoms with E-state index >= 15 is 0 Å². The molecule has 0 saturated heterocycles. The molecule has 0 heterocycles. The Morgan fingerprint density at radius 1 is 1.26 bits per heavy atom. The number of carbonyl (C=O) groups is 1. The number of guanidine groups is 1. The molecule has 1 amide bonds. The lowest BCUT2D eigenvalue weighted by molar-refractivity contribution is -0.139. The summed E-state index contributed by atoms with van der Waals surface area (Å²) >= 11 is 0. The van der Waals surface area contributed by atoms with Gasteiger partial charge in [-0.05, 0) is 42.9 Å². The third-order valence-electron chi connectivity index (χ3n) is 4.84. The Labute approximate surface area is 155 Å². The quantitative estimate of drug-likeness (QED) is 0.590. The van der Waals surface area contributed by atoms with Crippen LogP contribution < -0.4 is 11.5 Å². The van der Waals surface area contributed by atoms with Crippen LogP contribution in [0, 0.1) is 5.92 Å². The van der Waals surface area contributed by atoms with E-state index in [1.165, 1.54) is 0 Å². The van der Waals surface area contributed by atoms with Crippen molar-refractivity contribution in [1.29, 1.82) is 0 Å². The van der Waals surface area contributed by atoms with Gasteiger partial charge in [-0.25, -0.2) is 8.42 Å². The largest absolute Gasteiger partial charge is 0.417 e. The van der Waals surface area contributed by atoms with E-state index in [1.54, 1.807) is 13.8 Å². The molecule has 150 valence electrons. The molecule has 0 bridgehead atoms. The number of hydrogen-bond donors (Lipinski definition) is 2. The zero-order chi connectivity index (χ0) is 20.6. The predicted octanol–water partition coefficient (Wildman–Crippen LogP) is 2.64. The van der Waals surface area contributed by atoms with Gasteiger partial charge in [0.1, 0.15) is 0 Å². The number of aliphatic imine (C=N–C) groups is 1. The molecule has 10 heteroatoms. The molecule has 0 aromatic heterocycles. The van der Waals surface area contributed by atoms with E-state index in [4.69, 9.17) is 11.5 Å². The normalized spacial score (nSPS) is 20.5. The van der Waals surface area contributed by atoms with E-state index in [1.807, 2.05) is 0 Å². The summed E-state index contributed by atoms with van der Waals surface area (Å²) in [5.41, 5.74) is 8.67. The van der Waals surface area contributed by atoms with Gasteiger partial charge in [0.15, 0.2) is 15.8 Å². The molecule has 27 heavy (non-hydrogen) atoms. The van der Waals surface area contributed by atoms with Crippen molar-refractivity contribution in [3.63, 3.8) is 0 Å². The van der Waals surface area contributed by atoms with Crippen molar-refractivity contribution in [2.24, 2.45) is 22.4 Å². The summed E-state index contributed by atoms with van der Waals surface area (Å²) in [6.07, 6.45) is -3.20. The van der Waals surface area contributed by atoms with Gasteiger partial charge in [-0.15, -0.1) is 0 Å². The Bertz CT molecular complexity index is 875. The highest BCUT2D eigenvalue weighted by molar-refractivity contribution is 7.92. The molecule has 0 spiro atoms. The van der Waals surface area contributed by atoms with Gasteiger partial charge in [0.25, 0.3) is 5.91 Å². The minimum absolute atomic E-state index is 0.141. The van der Waals surface area contributed by atoms with Crippen LogP contribution >= 0.6 is 0 Å². The van der Waals surface area contributed by atoms with Crippen LogP contribution in [0.1, 0.15) is 54.6 Å². The van der Waals surface area contributed by atoms with Gasteiger partial charge in [0, 0.05) is 5.56 Å². The van der Waals surface area contributed by atoms with Gasteiger partial charge in [0.05, 0.1) is 15.7 Å². The van der Waals surface area contributed by atoms with Gasteiger partial charge in [-0.3, -0.25) is 4.79 Å². The zero-order valence-electron chi connectivity index (χ0n) is 15.0. The highest BCUT2D eigenvalue weighted by atomic mass is 32.2. The number of nitrogens with two attached hydrogens (primary N) is 2. The molecule has 1 fully saturated rings. The van der Waals surface area contributed by atoms with Crippen LogP contribution in [-0.2, 0) is 22.4 Å². The van der Waals surface area contributed by atoms with Crippen LogP contribution in [0.5, 0.6) is 0 Å². The maximum atomic E-state index is 13.6. The minimum Gasteiger partial charge on any atom is -0.370 e. The van der Waals surface area contributed by atoms with E-state index in [0.717, 1.165) is 6.07 Å². The lowest BCUT2D eigenvalue weighted by atomic mass is 10.0. The van der Waals surface area contributed by atoms with Crippen molar-refractivity contribution in [2.75, 3.05) is 0 Å².